The Kier molecular flexibility index (Phi) is 4.64. The average Bonchev–Trinajstić information content (AvgIpc) is 3.08. The minimum atomic E-state index is -0.0830. The first-order valence-corrected chi connectivity index (χ1v) is 8.35. The number of hydrogen-bond acceptors (Lipinski definition) is 4. The van der Waals surface area contributed by atoms with E-state index in [1.165, 1.54) is 9.78 Å². The highest BCUT2D eigenvalue weighted by molar-refractivity contribution is 7.10. The Morgan fingerprint density at radius 2 is 2.00 bits per heavy atom. The van der Waals surface area contributed by atoms with Crippen LogP contribution in [0, 0.1) is 0 Å². The van der Waals surface area contributed by atoms with Crippen molar-refractivity contribution in [1.82, 2.24) is 15.3 Å². The van der Waals surface area contributed by atoms with E-state index < -0.39 is 0 Å². The fraction of sp³-hybridized carbons (Fsp3) is 0.235. The zero-order valence-electron chi connectivity index (χ0n) is 13.1. The highest BCUT2D eigenvalue weighted by Crippen LogP contribution is 2.16. The number of rotatable bonds is 5. The Bertz CT molecular complexity index is 801. The van der Waals surface area contributed by atoms with Gasteiger partial charge in [-0.3, -0.25) is 14.8 Å². The second-order valence-electron chi connectivity index (χ2n) is 5.62. The van der Waals surface area contributed by atoms with Crippen molar-refractivity contribution in [2.75, 3.05) is 20.6 Å². The maximum Gasteiger partial charge on any atom is 0.251 e. The monoisotopic (exact) mass is 327 g/mol. The summed E-state index contributed by atoms with van der Waals surface area (Å²) in [4.78, 5) is 23.4. The highest BCUT2D eigenvalue weighted by atomic mass is 32.1. The van der Waals surface area contributed by atoms with E-state index in [0.717, 1.165) is 11.0 Å². The molecule has 5 nitrogen and oxygen atoms in total. The molecule has 0 saturated carbocycles. The van der Waals surface area contributed by atoms with Crippen LogP contribution in [0.3, 0.4) is 0 Å². The summed E-state index contributed by atoms with van der Waals surface area (Å²) in [6, 6.07) is 9.79. The summed E-state index contributed by atoms with van der Waals surface area (Å²) < 4.78 is 0. The van der Waals surface area contributed by atoms with Gasteiger partial charge in [0.05, 0.1) is 36.6 Å². The standard InChI is InChI=1S/C17H18N4OS/c1-21(2)15(16-4-3-9-23-16)11-20-17(22)12-5-6-13-14(10-12)19-8-7-18-13/h3-10,15H,11H2,1-2H3,(H,20,22)/p+1/t15-/m0/s1. The molecule has 118 valence electrons. The number of aromatic nitrogens is 2. The number of likely N-dealkylation sites (N-methyl/N-ethyl adjacent to an activating group) is 1. The number of hydrogen-bond donors (Lipinski definition) is 2. The summed E-state index contributed by atoms with van der Waals surface area (Å²) >= 11 is 1.72. The number of thiophene rings is 1. The lowest BCUT2D eigenvalue weighted by Gasteiger charge is -2.20. The molecule has 3 aromatic rings. The third-order valence-electron chi connectivity index (χ3n) is 3.78. The molecule has 1 amide bonds. The van der Waals surface area contributed by atoms with Crippen LogP contribution in [0.15, 0.2) is 48.1 Å². The first kappa shape index (κ1) is 15.6. The summed E-state index contributed by atoms with van der Waals surface area (Å²) in [5.41, 5.74) is 2.13. The lowest BCUT2D eigenvalue weighted by molar-refractivity contribution is -0.890. The van der Waals surface area contributed by atoms with Gasteiger partial charge in [0.25, 0.3) is 5.91 Å². The normalized spacial score (nSPS) is 12.5. The quantitative estimate of drug-likeness (QED) is 0.743. The number of quaternary nitrogens is 1. The van der Waals surface area contributed by atoms with Crippen molar-refractivity contribution in [2.24, 2.45) is 0 Å². The van der Waals surface area contributed by atoms with Crippen LogP contribution in [0.5, 0.6) is 0 Å². The van der Waals surface area contributed by atoms with E-state index in [1.807, 2.05) is 12.1 Å². The van der Waals surface area contributed by atoms with E-state index in [0.29, 0.717) is 12.1 Å². The molecule has 0 bridgehead atoms. The number of fused-ring (bicyclic) bond motifs is 1. The van der Waals surface area contributed by atoms with Gasteiger partial charge in [0.2, 0.25) is 0 Å². The molecule has 23 heavy (non-hydrogen) atoms. The van der Waals surface area contributed by atoms with E-state index in [4.69, 9.17) is 0 Å². The molecule has 0 unspecified atom stereocenters. The van der Waals surface area contributed by atoms with Gasteiger partial charge >= 0.3 is 0 Å². The summed E-state index contributed by atoms with van der Waals surface area (Å²) in [6.45, 7) is 0.597. The Hall–Kier alpha value is -2.31. The highest BCUT2D eigenvalue weighted by Gasteiger charge is 2.20. The SMILES string of the molecule is C[NH+](C)[C@@H](CNC(=O)c1ccc2nccnc2c1)c1cccs1. The summed E-state index contributed by atoms with van der Waals surface area (Å²) in [5, 5.41) is 5.10. The Labute approximate surface area is 139 Å². The van der Waals surface area contributed by atoms with E-state index in [-0.39, 0.29) is 11.9 Å². The maximum atomic E-state index is 12.4. The van der Waals surface area contributed by atoms with Gasteiger partial charge in [-0.2, -0.15) is 0 Å². The minimum absolute atomic E-state index is 0.0830. The predicted octanol–water partition coefficient (Wildman–Crippen LogP) is 1.31. The molecule has 0 aliphatic carbocycles. The van der Waals surface area contributed by atoms with Gasteiger partial charge in [-0.05, 0) is 29.6 Å². The van der Waals surface area contributed by atoms with Crippen molar-refractivity contribution in [3.63, 3.8) is 0 Å². The van der Waals surface area contributed by atoms with Gasteiger partial charge in [-0.25, -0.2) is 0 Å². The van der Waals surface area contributed by atoms with Gasteiger partial charge < -0.3 is 10.2 Å². The second-order valence-corrected chi connectivity index (χ2v) is 6.59. The third kappa shape index (κ3) is 3.55. The fourth-order valence-electron chi connectivity index (χ4n) is 2.48. The lowest BCUT2D eigenvalue weighted by atomic mass is 10.1. The number of nitrogens with zero attached hydrogens (tertiary/aromatic N) is 2. The van der Waals surface area contributed by atoms with Crippen molar-refractivity contribution in [1.29, 1.82) is 0 Å². The first-order chi connectivity index (χ1) is 11.1. The van der Waals surface area contributed by atoms with Crippen molar-refractivity contribution >= 4 is 28.3 Å². The number of carbonyl (C=O) groups excluding carboxylic acids is 1. The zero-order chi connectivity index (χ0) is 16.2. The third-order valence-corrected chi connectivity index (χ3v) is 4.77. The number of benzene rings is 1. The minimum Gasteiger partial charge on any atom is -0.346 e. The molecular formula is C17H19N4OS+. The maximum absolute atomic E-state index is 12.4. The molecular weight excluding hydrogens is 308 g/mol. The van der Waals surface area contributed by atoms with Crippen LogP contribution in [0.25, 0.3) is 11.0 Å². The van der Waals surface area contributed by atoms with Crippen LogP contribution >= 0.6 is 11.3 Å². The lowest BCUT2D eigenvalue weighted by Crippen LogP contribution is -3.06. The number of amides is 1. The smallest absolute Gasteiger partial charge is 0.251 e. The van der Waals surface area contributed by atoms with Crippen LogP contribution in [-0.2, 0) is 0 Å². The van der Waals surface area contributed by atoms with Crippen LogP contribution < -0.4 is 10.2 Å². The molecule has 0 aliphatic rings. The van der Waals surface area contributed by atoms with Gasteiger partial charge in [0.15, 0.2) is 0 Å². The molecule has 2 N–H and O–H groups in total. The molecule has 2 heterocycles. The van der Waals surface area contributed by atoms with Crippen LogP contribution in [0.4, 0.5) is 0 Å². The molecule has 0 saturated heterocycles. The molecule has 2 aromatic heterocycles. The van der Waals surface area contributed by atoms with E-state index >= 15 is 0 Å². The van der Waals surface area contributed by atoms with Crippen LogP contribution in [-0.4, -0.2) is 36.5 Å². The van der Waals surface area contributed by atoms with E-state index in [2.05, 4.69) is 40.8 Å². The summed E-state index contributed by atoms with van der Waals surface area (Å²) in [5.74, 6) is -0.0830. The molecule has 6 heteroatoms. The van der Waals surface area contributed by atoms with Crippen molar-refractivity contribution in [3.05, 3.63) is 58.5 Å². The van der Waals surface area contributed by atoms with E-state index in [1.54, 1.807) is 35.9 Å². The van der Waals surface area contributed by atoms with E-state index in [9.17, 15) is 4.79 Å². The number of nitrogens with one attached hydrogen (secondary N) is 2. The summed E-state index contributed by atoms with van der Waals surface area (Å²) in [6.07, 6.45) is 3.28. The molecule has 0 aliphatic heterocycles. The Balaban J connectivity index is 1.72. The molecule has 3 rings (SSSR count). The van der Waals surface area contributed by atoms with Crippen LogP contribution in [0.1, 0.15) is 21.3 Å². The van der Waals surface area contributed by atoms with Crippen molar-refractivity contribution in [2.45, 2.75) is 6.04 Å². The Morgan fingerprint density at radius 3 is 2.70 bits per heavy atom. The van der Waals surface area contributed by atoms with Gasteiger partial charge in [0.1, 0.15) is 6.04 Å². The molecule has 1 aromatic carbocycles. The topological polar surface area (TPSA) is 59.3 Å². The zero-order valence-corrected chi connectivity index (χ0v) is 13.9. The fourth-order valence-corrected chi connectivity index (χ4v) is 3.43. The van der Waals surface area contributed by atoms with Gasteiger partial charge in [-0.15, -0.1) is 11.3 Å². The molecule has 0 spiro atoms. The second kappa shape index (κ2) is 6.85. The summed E-state index contributed by atoms with van der Waals surface area (Å²) in [7, 11) is 4.20. The van der Waals surface area contributed by atoms with Crippen LogP contribution in [0.2, 0.25) is 0 Å². The number of carbonyl (C=O) groups is 1. The van der Waals surface area contributed by atoms with Gasteiger partial charge in [-0.1, -0.05) is 6.07 Å². The first-order valence-electron chi connectivity index (χ1n) is 7.47. The molecule has 0 radical (unpaired) electrons. The predicted molar refractivity (Wildman–Crippen MR) is 91.7 cm³/mol. The molecule has 0 fully saturated rings. The molecule has 1 atom stereocenters. The van der Waals surface area contributed by atoms with Gasteiger partial charge in [0, 0.05) is 18.0 Å². The Morgan fingerprint density at radius 1 is 1.22 bits per heavy atom. The van der Waals surface area contributed by atoms with Crippen molar-refractivity contribution in [3.8, 4) is 0 Å². The average molecular weight is 327 g/mol. The van der Waals surface area contributed by atoms with Crippen molar-refractivity contribution < 1.29 is 9.69 Å². The largest absolute Gasteiger partial charge is 0.346 e.